The minimum absolute atomic E-state index is 0.0739. The molecule has 2 rings (SSSR count). The predicted molar refractivity (Wildman–Crippen MR) is 91.5 cm³/mol. The molecule has 0 atom stereocenters. The van der Waals surface area contributed by atoms with Crippen LogP contribution in [0.4, 0.5) is 11.4 Å². The lowest BCUT2D eigenvalue weighted by atomic mass is 10.2. The molecule has 0 fully saturated rings. The van der Waals surface area contributed by atoms with Crippen molar-refractivity contribution in [1.29, 1.82) is 0 Å². The van der Waals surface area contributed by atoms with Crippen LogP contribution < -0.4 is 10.2 Å². The van der Waals surface area contributed by atoms with E-state index >= 15 is 0 Å². The average molecular weight is 297 g/mol. The first-order chi connectivity index (χ1) is 10.7. The fourth-order valence-electron chi connectivity index (χ4n) is 2.27. The lowest BCUT2D eigenvalue weighted by molar-refractivity contribution is 0.0983. The van der Waals surface area contributed by atoms with E-state index in [1.165, 1.54) is 0 Å². The van der Waals surface area contributed by atoms with Gasteiger partial charge in [-0.15, -0.1) is 0 Å². The van der Waals surface area contributed by atoms with E-state index in [0.717, 1.165) is 29.9 Å². The van der Waals surface area contributed by atoms with Crippen molar-refractivity contribution in [3.63, 3.8) is 0 Å². The Bertz CT molecular complexity index is 622. The molecule has 0 bridgehead atoms. The zero-order valence-electron chi connectivity index (χ0n) is 13.5. The van der Waals surface area contributed by atoms with Gasteiger partial charge in [0.1, 0.15) is 5.69 Å². The summed E-state index contributed by atoms with van der Waals surface area (Å²) in [6.07, 6.45) is 2.77. The highest BCUT2D eigenvalue weighted by Crippen LogP contribution is 2.18. The average Bonchev–Trinajstić information content (AvgIpc) is 2.54. The van der Waals surface area contributed by atoms with Gasteiger partial charge in [-0.25, -0.2) is 4.98 Å². The molecule has 1 aromatic carbocycles. The van der Waals surface area contributed by atoms with Crippen molar-refractivity contribution in [2.24, 2.45) is 0 Å². The zero-order chi connectivity index (χ0) is 15.9. The van der Waals surface area contributed by atoms with Gasteiger partial charge in [0, 0.05) is 18.8 Å². The largest absolute Gasteiger partial charge is 0.384 e. The van der Waals surface area contributed by atoms with Gasteiger partial charge in [-0.1, -0.05) is 19.1 Å². The van der Waals surface area contributed by atoms with Gasteiger partial charge in [0.25, 0.3) is 5.91 Å². The third-order valence-electron chi connectivity index (χ3n) is 3.44. The number of hydrogen-bond donors (Lipinski definition) is 1. The molecule has 0 aliphatic rings. The van der Waals surface area contributed by atoms with Crippen LogP contribution in [-0.4, -0.2) is 24.0 Å². The van der Waals surface area contributed by atoms with E-state index in [1.54, 1.807) is 17.2 Å². The van der Waals surface area contributed by atoms with Crippen LogP contribution in [-0.2, 0) is 0 Å². The first kappa shape index (κ1) is 16.0. The molecular formula is C18H23N3O. The number of carbonyl (C=O) groups is 1. The Balaban J connectivity index is 2.18. The highest BCUT2D eigenvalue weighted by atomic mass is 16.2. The highest BCUT2D eigenvalue weighted by Gasteiger charge is 2.17. The molecule has 0 aliphatic heterocycles. The molecule has 0 saturated heterocycles. The molecule has 1 amide bonds. The fourth-order valence-corrected chi connectivity index (χ4v) is 2.27. The minimum Gasteiger partial charge on any atom is -0.384 e. The topological polar surface area (TPSA) is 45.2 Å². The van der Waals surface area contributed by atoms with Crippen molar-refractivity contribution < 1.29 is 4.79 Å². The lowest BCUT2D eigenvalue weighted by Gasteiger charge is -2.21. The Labute approximate surface area is 132 Å². The highest BCUT2D eigenvalue weighted by molar-refractivity contribution is 6.04. The SMILES string of the molecule is CCCNc1ccc(C(=O)N(CC)c2cccc(C)c2)nc1. The molecule has 116 valence electrons. The number of anilines is 2. The number of aromatic nitrogens is 1. The van der Waals surface area contributed by atoms with E-state index in [1.807, 2.05) is 44.2 Å². The van der Waals surface area contributed by atoms with Crippen LogP contribution >= 0.6 is 0 Å². The van der Waals surface area contributed by atoms with Gasteiger partial charge < -0.3 is 10.2 Å². The van der Waals surface area contributed by atoms with Crippen LogP contribution in [0.15, 0.2) is 42.6 Å². The van der Waals surface area contributed by atoms with Crippen molar-refractivity contribution in [2.45, 2.75) is 27.2 Å². The van der Waals surface area contributed by atoms with Gasteiger partial charge in [-0.3, -0.25) is 4.79 Å². The molecule has 0 unspecified atom stereocenters. The van der Waals surface area contributed by atoms with Gasteiger partial charge in [0.05, 0.1) is 11.9 Å². The van der Waals surface area contributed by atoms with Crippen LogP contribution in [0.1, 0.15) is 36.3 Å². The molecule has 0 saturated carbocycles. The Morgan fingerprint density at radius 3 is 2.64 bits per heavy atom. The normalized spacial score (nSPS) is 10.3. The van der Waals surface area contributed by atoms with Gasteiger partial charge in [0.15, 0.2) is 0 Å². The third-order valence-corrected chi connectivity index (χ3v) is 3.44. The van der Waals surface area contributed by atoms with Crippen LogP contribution in [0.25, 0.3) is 0 Å². The summed E-state index contributed by atoms with van der Waals surface area (Å²) < 4.78 is 0. The second kappa shape index (κ2) is 7.59. The van der Waals surface area contributed by atoms with Crippen molar-refractivity contribution in [1.82, 2.24) is 4.98 Å². The molecule has 0 radical (unpaired) electrons. The number of pyridine rings is 1. The summed E-state index contributed by atoms with van der Waals surface area (Å²) in [7, 11) is 0. The molecule has 2 aromatic rings. The number of aryl methyl sites for hydroxylation is 1. The van der Waals surface area contributed by atoms with Gasteiger partial charge in [0.2, 0.25) is 0 Å². The molecule has 0 aliphatic carbocycles. The summed E-state index contributed by atoms with van der Waals surface area (Å²) in [5, 5.41) is 3.26. The summed E-state index contributed by atoms with van der Waals surface area (Å²) in [6, 6.07) is 11.6. The van der Waals surface area contributed by atoms with Crippen molar-refractivity contribution >= 4 is 17.3 Å². The van der Waals surface area contributed by atoms with E-state index < -0.39 is 0 Å². The monoisotopic (exact) mass is 297 g/mol. The summed E-state index contributed by atoms with van der Waals surface area (Å²) >= 11 is 0. The third kappa shape index (κ3) is 3.85. The number of benzene rings is 1. The second-order valence-electron chi connectivity index (χ2n) is 5.25. The second-order valence-corrected chi connectivity index (χ2v) is 5.25. The van der Waals surface area contributed by atoms with Crippen molar-refractivity contribution in [3.05, 3.63) is 53.9 Å². The number of amides is 1. The van der Waals surface area contributed by atoms with Crippen LogP contribution in [0, 0.1) is 6.92 Å². The molecule has 22 heavy (non-hydrogen) atoms. The van der Waals surface area contributed by atoms with Crippen LogP contribution in [0.5, 0.6) is 0 Å². The van der Waals surface area contributed by atoms with Crippen LogP contribution in [0.2, 0.25) is 0 Å². The Morgan fingerprint density at radius 1 is 1.23 bits per heavy atom. The minimum atomic E-state index is -0.0739. The summed E-state index contributed by atoms with van der Waals surface area (Å²) in [5.74, 6) is -0.0739. The molecule has 1 heterocycles. The van der Waals surface area contributed by atoms with E-state index in [2.05, 4.69) is 17.2 Å². The molecule has 1 aromatic heterocycles. The van der Waals surface area contributed by atoms with Crippen molar-refractivity contribution in [2.75, 3.05) is 23.3 Å². The molecule has 4 heteroatoms. The van der Waals surface area contributed by atoms with Gasteiger partial charge >= 0.3 is 0 Å². The number of nitrogens with zero attached hydrogens (tertiary/aromatic N) is 2. The number of rotatable bonds is 6. The first-order valence-electron chi connectivity index (χ1n) is 7.74. The number of nitrogens with one attached hydrogen (secondary N) is 1. The molecule has 4 nitrogen and oxygen atoms in total. The molecular weight excluding hydrogens is 274 g/mol. The zero-order valence-corrected chi connectivity index (χ0v) is 13.5. The van der Waals surface area contributed by atoms with Crippen molar-refractivity contribution in [3.8, 4) is 0 Å². The summed E-state index contributed by atoms with van der Waals surface area (Å²) in [5.41, 5.74) is 3.45. The quantitative estimate of drug-likeness (QED) is 0.880. The Kier molecular flexibility index (Phi) is 5.53. The smallest absolute Gasteiger partial charge is 0.276 e. The maximum absolute atomic E-state index is 12.7. The number of hydrogen-bond acceptors (Lipinski definition) is 3. The summed E-state index contributed by atoms with van der Waals surface area (Å²) in [4.78, 5) is 18.7. The molecule has 0 spiro atoms. The van der Waals surface area contributed by atoms with Gasteiger partial charge in [-0.05, 0) is 50.1 Å². The Morgan fingerprint density at radius 2 is 2.05 bits per heavy atom. The first-order valence-corrected chi connectivity index (χ1v) is 7.74. The van der Waals surface area contributed by atoms with E-state index in [9.17, 15) is 4.79 Å². The Hall–Kier alpha value is -2.36. The van der Waals surface area contributed by atoms with Gasteiger partial charge in [-0.2, -0.15) is 0 Å². The summed E-state index contributed by atoms with van der Waals surface area (Å²) in [6.45, 7) is 7.62. The fraction of sp³-hybridized carbons (Fsp3) is 0.333. The van der Waals surface area contributed by atoms with E-state index in [4.69, 9.17) is 0 Å². The number of carbonyl (C=O) groups excluding carboxylic acids is 1. The van der Waals surface area contributed by atoms with E-state index in [-0.39, 0.29) is 5.91 Å². The van der Waals surface area contributed by atoms with E-state index in [0.29, 0.717) is 12.2 Å². The van der Waals surface area contributed by atoms with Crippen LogP contribution in [0.3, 0.4) is 0 Å². The standard InChI is InChI=1S/C18H23N3O/c1-4-11-19-15-9-10-17(20-13-15)18(22)21(5-2)16-8-6-7-14(3)12-16/h6-10,12-13,19H,4-5,11H2,1-3H3. The maximum atomic E-state index is 12.7. The predicted octanol–water partition coefficient (Wildman–Crippen LogP) is 3.88. The maximum Gasteiger partial charge on any atom is 0.276 e. The lowest BCUT2D eigenvalue weighted by Crippen LogP contribution is -2.31. The molecule has 1 N–H and O–H groups in total.